The molecule has 182 valence electrons. The van der Waals surface area contributed by atoms with Crippen molar-refractivity contribution in [2.45, 2.75) is 6.61 Å². The van der Waals surface area contributed by atoms with Crippen molar-refractivity contribution in [1.29, 1.82) is 5.26 Å². The van der Waals surface area contributed by atoms with Crippen LogP contribution in [-0.2, 0) is 11.4 Å². The largest absolute Gasteiger partial charge is 0.488 e. The van der Waals surface area contributed by atoms with Crippen molar-refractivity contribution >= 4 is 40.3 Å². The Morgan fingerprint density at radius 3 is 2.53 bits per heavy atom. The molecule has 8 heteroatoms. The molecule has 0 unspecified atom stereocenters. The molecule has 2 aliphatic heterocycles. The predicted octanol–water partition coefficient (Wildman–Crippen LogP) is 4.85. The van der Waals surface area contributed by atoms with E-state index in [1.807, 2.05) is 54.6 Å². The third-order valence-corrected chi connectivity index (χ3v) is 6.98. The zero-order valence-corrected chi connectivity index (χ0v) is 21.7. The van der Waals surface area contributed by atoms with Crippen LogP contribution in [0.5, 0.6) is 17.2 Å². The average molecular weight is 593 g/mol. The Balaban J connectivity index is 1.21. The van der Waals surface area contributed by atoms with E-state index in [0.29, 0.717) is 19.7 Å². The van der Waals surface area contributed by atoms with Crippen molar-refractivity contribution in [3.05, 3.63) is 87.0 Å². The number of nitrogens with zero attached hydrogens (tertiary/aromatic N) is 3. The zero-order chi connectivity index (χ0) is 24.9. The van der Waals surface area contributed by atoms with Gasteiger partial charge in [-0.2, -0.15) is 5.26 Å². The number of ether oxygens (including phenoxy) is 3. The predicted molar refractivity (Wildman–Crippen MR) is 145 cm³/mol. The Kier molecular flexibility index (Phi) is 7.28. The molecule has 0 aliphatic carbocycles. The smallest absolute Gasteiger partial charge is 0.264 e. The second kappa shape index (κ2) is 10.9. The number of hydrogen-bond donors (Lipinski definition) is 0. The first-order chi connectivity index (χ1) is 17.6. The Hall–Kier alpha value is -3.71. The lowest BCUT2D eigenvalue weighted by molar-refractivity contribution is -0.126. The van der Waals surface area contributed by atoms with Crippen LogP contribution in [0.25, 0.3) is 6.08 Å². The Labute approximate surface area is 223 Å². The number of carbonyl (C=O) groups is 1. The fraction of sp³-hybridized carbons (Fsp3) is 0.214. The number of piperazine rings is 1. The third-order valence-electron chi connectivity index (χ3n) is 6.14. The van der Waals surface area contributed by atoms with Crippen LogP contribution in [0, 0.1) is 14.9 Å². The molecular formula is C28H24IN3O4. The first-order valence-corrected chi connectivity index (χ1v) is 12.7. The topological polar surface area (TPSA) is 75.0 Å². The summed E-state index contributed by atoms with van der Waals surface area (Å²) in [4.78, 5) is 17.0. The molecule has 0 spiro atoms. The third kappa shape index (κ3) is 5.41. The number of amides is 1. The van der Waals surface area contributed by atoms with E-state index in [0.717, 1.165) is 50.7 Å². The number of fused-ring (bicyclic) bond motifs is 1. The van der Waals surface area contributed by atoms with Gasteiger partial charge in [0, 0.05) is 31.9 Å². The van der Waals surface area contributed by atoms with Crippen molar-refractivity contribution in [3.63, 3.8) is 0 Å². The van der Waals surface area contributed by atoms with Gasteiger partial charge in [-0.1, -0.05) is 30.3 Å². The molecule has 1 saturated heterocycles. The molecule has 2 heterocycles. The highest BCUT2D eigenvalue weighted by Gasteiger charge is 2.24. The fourth-order valence-electron chi connectivity index (χ4n) is 4.20. The molecule has 5 rings (SSSR count). The van der Waals surface area contributed by atoms with Gasteiger partial charge in [-0.05, 0) is 76.2 Å². The molecule has 1 fully saturated rings. The summed E-state index contributed by atoms with van der Waals surface area (Å²) in [7, 11) is 0. The number of hydrogen-bond acceptors (Lipinski definition) is 6. The van der Waals surface area contributed by atoms with Crippen molar-refractivity contribution in [2.75, 3.05) is 37.9 Å². The Morgan fingerprint density at radius 1 is 1.00 bits per heavy atom. The Morgan fingerprint density at radius 2 is 1.78 bits per heavy atom. The minimum atomic E-state index is -0.233. The second-order valence-corrected chi connectivity index (χ2v) is 9.61. The van der Waals surface area contributed by atoms with Gasteiger partial charge >= 0.3 is 0 Å². The standard InChI is InChI=1S/C28H24IN3O4/c29-24-15-20(6-8-25(24)34-18-21-7-9-26-27(16-21)36-19-35-26)14-22(17-30)28(33)32-12-10-31(11-13-32)23-4-2-1-3-5-23/h1-9,14-16H,10-13,18-19H2/b22-14-. The molecule has 3 aromatic rings. The first-order valence-electron chi connectivity index (χ1n) is 11.6. The van der Waals surface area contributed by atoms with Crippen molar-refractivity contribution in [3.8, 4) is 23.3 Å². The number of rotatable bonds is 6. The molecule has 0 atom stereocenters. The lowest BCUT2D eigenvalue weighted by Gasteiger charge is -2.36. The highest BCUT2D eigenvalue weighted by molar-refractivity contribution is 14.1. The van der Waals surface area contributed by atoms with Gasteiger partial charge in [-0.3, -0.25) is 4.79 Å². The van der Waals surface area contributed by atoms with E-state index in [1.54, 1.807) is 11.0 Å². The number of carbonyl (C=O) groups excluding carboxylic acids is 1. The molecule has 7 nitrogen and oxygen atoms in total. The van der Waals surface area contributed by atoms with Crippen molar-refractivity contribution in [2.24, 2.45) is 0 Å². The van der Waals surface area contributed by atoms with E-state index >= 15 is 0 Å². The van der Waals surface area contributed by atoms with Crippen LogP contribution in [0.3, 0.4) is 0 Å². The first kappa shape index (κ1) is 24.0. The molecule has 1 amide bonds. The van der Waals surface area contributed by atoms with Crippen molar-refractivity contribution in [1.82, 2.24) is 4.90 Å². The van der Waals surface area contributed by atoms with E-state index in [9.17, 15) is 10.1 Å². The van der Waals surface area contributed by atoms with Crippen LogP contribution >= 0.6 is 22.6 Å². The second-order valence-electron chi connectivity index (χ2n) is 8.45. The molecule has 3 aromatic carbocycles. The normalized spacial score (nSPS) is 14.9. The van der Waals surface area contributed by atoms with Crippen molar-refractivity contribution < 1.29 is 19.0 Å². The number of nitriles is 1. The number of anilines is 1. The van der Waals surface area contributed by atoms with E-state index in [1.165, 1.54) is 0 Å². The van der Waals surface area contributed by atoms with Crippen LogP contribution in [0.4, 0.5) is 5.69 Å². The maximum Gasteiger partial charge on any atom is 0.264 e. The van der Waals surface area contributed by atoms with Gasteiger partial charge in [0.1, 0.15) is 24.0 Å². The fourth-order valence-corrected chi connectivity index (χ4v) is 4.90. The van der Waals surface area contributed by atoms with E-state index in [2.05, 4.69) is 45.7 Å². The summed E-state index contributed by atoms with van der Waals surface area (Å²) < 4.78 is 17.6. The molecule has 2 aliphatic rings. The van der Waals surface area contributed by atoms with Gasteiger partial charge in [0.05, 0.1) is 3.57 Å². The van der Waals surface area contributed by atoms with Crippen LogP contribution in [-0.4, -0.2) is 43.8 Å². The molecule has 36 heavy (non-hydrogen) atoms. The maximum absolute atomic E-state index is 13.0. The van der Waals surface area contributed by atoms with E-state index in [-0.39, 0.29) is 18.3 Å². The number of para-hydroxylation sites is 1. The van der Waals surface area contributed by atoms with E-state index in [4.69, 9.17) is 14.2 Å². The molecule has 0 radical (unpaired) electrons. The monoisotopic (exact) mass is 593 g/mol. The summed E-state index contributed by atoms with van der Waals surface area (Å²) in [5.74, 6) is 1.96. The Bertz CT molecular complexity index is 1330. The summed E-state index contributed by atoms with van der Waals surface area (Å²) in [5.41, 5.74) is 3.04. The lowest BCUT2D eigenvalue weighted by Crippen LogP contribution is -2.49. The highest BCUT2D eigenvalue weighted by atomic mass is 127. The molecule has 0 aromatic heterocycles. The lowest BCUT2D eigenvalue weighted by atomic mass is 10.1. The van der Waals surface area contributed by atoms with Gasteiger partial charge in [-0.15, -0.1) is 0 Å². The zero-order valence-electron chi connectivity index (χ0n) is 19.5. The number of halogens is 1. The summed E-state index contributed by atoms with van der Waals surface area (Å²) >= 11 is 2.20. The van der Waals surface area contributed by atoms with Crippen LogP contribution in [0.1, 0.15) is 11.1 Å². The maximum atomic E-state index is 13.0. The molecular weight excluding hydrogens is 569 g/mol. The van der Waals surface area contributed by atoms with Crippen LogP contribution in [0.2, 0.25) is 0 Å². The minimum Gasteiger partial charge on any atom is -0.488 e. The number of benzene rings is 3. The van der Waals surface area contributed by atoms with Crippen LogP contribution in [0.15, 0.2) is 72.3 Å². The average Bonchev–Trinajstić information content (AvgIpc) is 3.39. The highest BCUT2D eigenvalue weighted by Crippen LogP contribution is 2.33. The summed E-state index contributed by atoms with van der Waals surface area (Å²) in [5, 5.41) is 9.70. The summed E-state index contributed by atoms with van der Waals surface area (Å²) in [6.45, 7) is 3.26. The van der Waals surface area contributed by atoms with Gasteiger partial charge in [0.25, 0.3) is 5.91 Å². The van der Waals surface area contributed by atoms with Gasteiger partial charge in [0.2, 0.25) is 6.79 Å². The summed E-state index contributed by atoms with van der Waals surface area (Å²) in [6.07, 6.45) is 1.65. The molecule has 0 bridgehead atoms. The van der Waals surface area contributed by atoms with Crippen LogP contribution < -0.4 is 19.1 Å². The summed E-state index contributed by atoms with van der Waals surface area (Å²) in [6, 6.07) is 23.6. The SMILES string of the molecule is N#C/C(=C/c1ccc(OCc2ccc3c(c2)OCO3)c(I)c1)C(=O)N1CCN(c2ccccc2)CC1. The van der Waals surface area contributed by atoms with E-state index < -0.39 is 0 Å². The quantitative estimate of drug-likeness (QED) is 0.231. The van der Waals surface area contributed by atoms with Gasteiger partial charge in [0.15, 0.2) is 11.5 Å². The van der Waals surface area contributed by atoms with Gasteiger partial charge in [-0.25, -0.2) is 0 Å². The molecule has 0 N–H and O–H groups in total. The van der Waals surface area contributed by atoms with Gasteiger partial charge < -0.3 is 24.0 Å². The molecule has 0 saturated carbocycles. The minimum absolute atomic E-state index is 0.132.